The van der Waals surface area contributed by atoms with Crippen LogP contribution in [-0.2, 0) is 0 Å². The van der Waals surface area contributed by atoms with E-state index in [1.165, 1.54) is 17.5 Å². The van der Waals surface area contributed by atoms with Gasteiger partial charge in [0.15, 0.2) is 5.78 Å². The van der Waals surface area contributed by atoms with E-state index in [0.29, 0.717) is 22.6 Å². The molecule has 0 aliphatic heterocycles. The van der Waals surface area contributed by atoms with Gasteiger partial charge in [0, 0.05) is 65.4 Å². The molecule has 7 heteroatoms. The van der Waals surface area contributed by atoms with E-state index in [9.17, 15) is 4.79 Å². The van der Waals surface area contributed by atoms with Gasteiger partial charge in [-0.1, -0.05) is 18.2 Å². The summed E-state index contributed by atoms with van der Waals surface area (Å²) in [6.07, 6.45) is 10.9. The van der Waals surface area contributed by atoms with Gasteiger partial charge in [-0.2, -0.15) is 11.3 Å². The first-order chi connectivity index (χ1) is 15.1. The Balaban J connectivity index is 2.02. The summed E-state index contributed by atoms with van der Waals surface area (Å²) in [6, 6.07) is 4.97. The molecule has 1 aromatic heterocycles. The Morgan fingerprint density at radius 3 is 2.48 bits per heavy atom. The highest BCUT2D eigenvalue weighted by molar-refractivity contribution is 7.08. The molecule has 2 aromatic rings. The third-order valence-corrected chi connectivity index (χ3v) is 5.77. The molecule has 3 rings (SSSR count). The number of anilines is 1. The van der Waals surface area contributed by atoms with Crippen molar-refractivity contribution >= 4 is 34.6 Å². The molecule has 162 valence electrons. The van der Waals surface area contributed by atoms with Crippen LogP contribution in [0, 0.1) is 0 Å². The summed E-state index contributed by atoms with van der Waals surface area (Å²) in [5.74, 6) is 1.27. The summed E-state index contributed by atoms with van der Waals surface area (Å²) in [5, 5.41) is 7.20. The van der Waals surface area contributed by atoms with Crippen LogP contribution in [0.3, 0.4) is 0 Å². The largest absolute Gasteiger partial charge is 0.497 e. The Bertz CT molecular complexity index is 1030. The number of methoxy groups -OCH3 is 2. The smallest absolute Gasteiger partial charge is 0.190 e. The van der Waals surface area contributed by atoms with Crippen molar-refractivity contribution in [2.24, 2.45) is 10.7 Å². The number of rotatable bonds is 9. The second kappa shape index (κ2) is 10.6. The van der Waals surface area contributed by atoms with Crippen LogP contribution in [0.1, 0.15) is 28.8 Å². The predicted octanol–water partition coefficient (Wildman–Crippen LogP) is 4.71. The molecule has 1 aliphatic carbocycles. The molecule has 1 unspecified atom stereocenters. The number of nitrogens with two attached hydrogens (primary N) is 1. The maximum absolute atomic E-state index is 13.8. The predicted molar refractivity (Wildman–Crippen MR) is 129 cm³/mol. The molecule has 0 radical (unpaired) electrons. The number of nitrogens with one attached hydrogen (secondary N) is 1. The van der Waals surface area contributed by atoms with Crippen molar-refractivity contribution in [1.29, 1.82) is 0 Å². The van der Waals surface area contributed by atoms with Crippen LogP contribution < -0.4 is 20.5 Å². The van der Waals surface area contributed by atoms with E-state index in [1.807, 2.05) is 35.0 Å². The molecule has 0 saturated heterocycles. The van der Waals surface area contributed by atoms with Crippen molar-refractivity contribution in [3.05, 3.63) is 70.1 Å². The quantitative estimate of drug-likeness (QED) is 0.438. The van der Waals surface area contributed by atoms with E-state index >= 15 is 0 Å². The summed E-state index contributed by atoms with van der Waals surface area (Å²) in [5.41, 5.74) is 9.68. The summed E-state index contributed by atoms with van der Waals surface area (Å²) < 4.78 is 10.8. The zero-order valence-electron chi connectivity index (χ0n) is 17.9. The van der Waals surface area contributed by atoms with Crippen molar-refractivity contribution in [3.8, 4) is 11.5 Å². The maximum Gasteiger partial charge on any atom is 0.190 e. The molecule has 1 atom stereocenters. The van der Waals surface area contributed by atoms with E-state index < -0.39 is 6.04 Å². The van der Waals surface area contributed by atoms with Gasteiger partial charge in [0.05, 0.1) is 14.2 Å². The van der Waals surface area contributed by atoms with Crippen LogP contribution >= 0.6 is 11.3 Å². The van der Waals surface area contributed by atoms with E-state index in [4.69, 9.17) is 15.2 Å². The molecule has 6 nitrogen and oxygen atoms in total. The molecular formula is C24H27N3O3S. The molecule has 3 N–H and O–H groups in total. The van der Waals surface area contributed by atoms with E-state index in [-0.39, 0.29) is 5.78 Å². The zero-order valence-corrected chi connectivity index (χ0v) is 18.7. The number of ether oxygens (including phenoxy) is 2. The lowest BCUT2D eigenvalue weighted by Crippen LogP contribution is -2.32. The fourth-order valence-electron chi connectivity index (χ4n) is 3.45. The molecule has 0 bridgehead atoms. The van der Waals surface area contributed by atoms with Crippen LogP contribution in [0.25, 0.3) is 5.57 Å². The molecule has 0 amide bonds. The van der Waals surface area contributed by atoms with Crippen LogP contribution in [0.2, 0.25) is 0 Å². The van der Waals surface area contributed by atoms with Crippen molar-refractivity contribution in [2.45, 2.75) is 18.9 Å². The van der Waals surface area contributed by atoms with Crippen molar-refractivity contribution in [2.75, 3.05) is 26.6 Å². The molecule has 1 aliphatic rings. The molecule has 0 fully saturated rings. The highest BCUT2D eigenvalue weighted by Gasteiger charge is 2.27. The number of hydrogen-bond donors (Lipinski definition) is 2. The lowest BCUT2D eigenvalue weighted by Gasteiger charge is -2.24. The van der Waals surface area contributed by atoms with Crippen LogP contribution in [0.5, 0.6) is 11.5 Å². The van der Waals surface area contributed by atoms with Gasteiger partial charge in [0.25, 0.3) is 0 Å². The molecular weight excluding hydrogens is 410 g/mol. The van der Waals surface area contributed by atoms with E-state index in [2.05, 4.69) is 16.4 Å². The maximum atomic E-state index is 13.8. The van der Waals surface area contributed by atoms with Crippen molar-refractivity contribution < 1.29 is 14.3 Å². The molecule has 1 aromatic carbocycles. The fourth-order valence-corrected chi connectivity index (χ4v) is 4.30. The highest BCUT2D eigenvalue weighted by Crippen LogP contribution is 2.31. The number of aliphatic imine (C=N–C) groups is 1. The van der Waals surface area contributed by atoms with Gasteiger partial charge in [-0.3, -0.25) is 9.79 Å². The first kappa shape index (κ1) is 22.4. The summed E-state index contributed by atoms with van der Waals surface area (Å²) in [6.45, 7) is 0. The van der Waals surface area contributed by atoms with E-state index in [1.54, 1.807) is 33.5 Å². The standard InChI is InChI=1S/C24H27N3O3S/c1-26-13-17(12-25)21-14-31-15-22(21)24(28)23(16-7-5-4-6-8-16)27-18-9-19(29-2)11-20(10-18)30-3/h4-5,7,9-15,23,27H,6,8,25H2,1-3H3. The monoisotopic (exact) mass is 437 g/mol. The topological polar surface area (TPSA) is 85.9 Å². The Labute approximate surface area is 186 Å². The van der Waals surface area contributed by atoms with Gasteiger partial charge >= 0.3 is 0 Å². The summed E-state index contributed by atoms with van der Waals surface area (Å²) >= 11 is 1.47. The third kappa shape index (κ3) is 5.24. The number of carbonyl (C=O) groups excluding carboxylic acids is 1. The minimum Gasteiger partial charge on any atom is -0.497 e. The van der Waals surface area contributed by atoms with Gasteiger partial charge in [-0.15, -0.1) is 0 Å². The van der Waals surface area contributed by atoms with Gasteiger partial charge in [-0.25, -0.2) is 0 Å². The second-order valence-corrected chi connectivity index (χ2v) is 7.70. The number of thiophene rings is 1. The number of allylic oxidation sites excluding steroid dienone is 4. The number of ketones is 1. The first-order valence-electron chi connectivity index (χ1n) is 9.91. The van der Waals surface area contributed by atoms with Crippen LogP contribution in [-0.4, -0.2) is 39.3 Å². The lowest BCUT2D eigenvalue weighted by atomic mass is 9.90. The SMILES string of the molecule is CN=CC(=CN)c1cscc1C(=O)C(Nc1cc(OC)cc(OC)c1)C1=CC=CCC1. The van der Waals surface area contributed by atoms with Gasteiger partial charge in [0.2, 0.25) is 0 Å². The average Bonchev–Trinajstić information content (AvgIpc) is 3.30. The summed E-state index contributed by atoms with van der Waals surface area (Å²) in [7, 11) is 4.88. The number of benzene rings is 1. The van der Waals surface area contributed by atoms with Crippen LogP contribution in [0.4, 0.5) is 5.69 Å². The second-order valence-electron chi connectivity index (χ2n) is 6.96. The summed E-state index contributed by atoms with van der Waals surface area (Å²) in [4.78, 5) is 17.8. The van der Waals surface area contributed by atoms with Gasteiger partial charge in [0.1, 0.15) is 17.5 Å². The normalized spacial score (nSPS) is 14.9. The molecule has 0 saturated carbocycles. The number of nitrogens with zero attached hydrogens (tertiary/aromatic N) is 1. The first-order valence-corrected chi connectivity index (χ1v) is 10.9. The number of Topliss-reactive ketones (excluding diaryl/α,β-unsaturated/α-hetero) is 1. The zero-order chi connectivity index (χ0) is 22.2. The minimum absolute atomic E-state index is 0.0246. The van der Waals surface area contributed by atoms with Gasteiger partial charge < -0.3 is 20.5 Å². The Kier molecular flexibility index (Phi) is 7.67. The van der Waals surface area contributed by atoms with E-state index in [0.717, 1.165) is 29.7 Å². The Hall–Kier alpha value is -3.32. The number of carbonyl (C=O) groups is 1. The highest BCUT2D eigenvalue weighted by atomic mass is 32.1. The minimum atomic E-state index is -0.535. The number of hydrogen-bond acceptors (Lipinski definition) is 7. The van der Waals surface area contributed by atoms with Crippen molar-refractivity contribution in [1.82, 2.24) is 0 Å². The van der Waals surface area contributed by atoms with Crippen LogP contribution in [0.15, 0.2) is 64.0 Å². The lowest BCUT2D eigenvalue weighted by molar-refractivity contribution is 0.0980. The average molecular weight is 438 g/mol. The third-order valence-electron chi connectivity index (χ3n) is 5.03. The van der Waals surface area contributed by atoms with Crippen molar-refractivity contribution in [3.63, 3.8) is 0 Å². The fraction of sp³-hybridized carbons (Fsp3) is 0.250. The van der Waals surface area contributed by atoms with Gasteiger partial charge in [-0.05, 0) is 23.8 Å². The Morgan fingerprint density at radius 1 is 1.19 bits per heavy atom. The molecule has 31 heavy (non-hydrogen) atoms. The Morgan fingerprint density at radius 2 is 1.90 bits per heavy atom. The molecule has 1 heterocycles. The molecule has 0 spiro atoms.